The maximum atomic E-state index is 10.1. The van der Waals surface area contributed by atoms with E-state index in [4.69, 9.17) is 15.2 Å². The molecule has 0 fully saturated rings. The SMILES string of the molecule is CCN(CC(O)COc1ccccc1N)C(C)COC. The lowest BCUT2D eigenvalue weighted by Gasteiger charge is -2.29. The molecule has 0 bridgehead atoms. The fourth-order valence-corrected chi connectivity index (χ4v) is 2.09. The predicted octanol–water partition coefficient (Wildman–Crippen LogP) is 1.37. The van der Waals surface area contributed by atoms with E-state index in [1.807, 2.05) is 12.1 Å². The van der Waals surface area contributed by atoms with Gasteiger partial charge in [-0.15, -0.1) is 0 Å². The van der Waals surface area contributed by atoms with Crippen LogP contribution < -0.4 is 10.5 Å². The second kappa shape index (κ2) is 8.79. The Labute approximate surface area is 121 Å². The molecule has 114 valence electrons. The number of benzene rings is 1. The minimum atomic E-state index is -0.561. The summed E-state index contributed by atoms with van der Waals surface area (Å²) in [4.78, 5) is 2.16. The maximum absolute atomic E-state index is 10.1. The third-order valence-corrected chi connectivity index (χ3v) is 3.23. The van der Waals surface area contributed by atoms with Crippen LogP contribution in [0.25, 0.3) is 0 Å². The summed E-state index contributed by atoms with van der Waals surface area (Å²) in [7, 11) is 1.68. The van der Waals surface area contributed by atoms with Gasteiger partial charge < -0.3 is 20.3 Å². The van der Waals surface area contributed by atoms with Gasteiger partial charge in [-0.1, -0.05) is 19.1 Å². The topological polar surface area (TPSA) is 68.0 Å². The molecule has 0 saturated carbocycles. The van der Waals surface area contributed by atoms with Crippen LogP contribution in [0, 0.1) is 0 Å². The molecule has 0 saturated heterocycles. The number of nitrogen functional groups attached to an aromatic ring is 1. The van der Waals surface area contributed by atoms with Crippen molar-refractivity contribution in [2.75, 3.05) is 39.1 Å². The van der Waals surface area contributed by atoms with Crippen LogP contribution >= 0.6 is 0 Å². The van der Waals surface area contributed by atoms with Gasteiger partial charge in [-0.05, 0) is 25.6 Å². The first-order chi connectivity index (χ1) is 9.58. The molecule has 2 atom stereocenters. The van der Waals surface area contributed by atoms with Crippen molar-refractivity contribution in [3.63, 3.8) is 0 Å². The number of anilines is 1. The van der Waals surface area contributed by atoms with Gasteiger partial charge in [-0.2, -0.15) is 0 Å². The molecule has 0 radical (unpaired) electrons. The van der Waals surface area contributed by atoms with Gasteiger partial charge >= 0.3 is 0 Å². The van der Waals surface area contributed by atoms with Crippen LogP contribution in [-0.2, 0) is 4.74 Å². The molecule has 0 aliphatic heterocycles. The van der Waals surface area contributed by atoms with Crippen LogP contribution in [0.4, 0.5) is 5.69 Å². The Morgan fingerprint density at radius 2 is 2.00 bits per heavy atom. The Bertz CT molecular complexity index is 387. The molecule has 0 amide bonds. The summed E-state index contributed by atoms with van der Waals surface area (Å²) >= 11 is 0. The predicted molar refractivity (Wildman–Crippen MR) is 80.9 cm³/mol. The minimum Gasteiger partial charge on any atom is -0.489 e. The number of aliphatic hydroxyl groups is 1. The summed E-state index contributed by atoms with van der Waals surface area (Å²) in [5.41, 5.74) is 6.37. The van der Waals surface area contributed by atoms with Gasteiger partial charge in [-0.3, -0.25) is 4.90 Å². The van der Waals surface area contributed by atoms with E-state index in [0.29, 0.717) is 24.6 Å². The minimum absolute atomic E-state index is 0.227. The van der Waals surface area contributed by atoms with E-state index < -0.39 is 6.10 Å². The average molecular weight is 282 g/mol. The summed E-state index contributed by atoms with van der Waals surface area (Å²) in [5.74, 6) is 0.611. The average Bonchev–Trinajstić information content (AvgIpc) is 2.44. The van der Waals surface area contributed by atoms with Crippen molar-refractivity contribution >= 4 is 5.69 Å². The second-order valence-electron chi connectivity index (χ2n) is 4.89. The molecule has 0 aromatic heterocycles. The number of ether oxygens (including phenoxy) is 2. The van der Waals surface area contributed by atoms with Crippen LogP contribution in [0.3, 0.4) is 0 Å². The molecule has 1 rings (SSSR count). The van der Waals surface area contributed by atoms with E-state index >= 15 is 0 Å². The van der Waals surface area contributed by atoms with E-state index in [0.717, 1.165) is 6.54 Å². The summed E-state index contributed by atoms with van der Waals surface area (Å²) < 4.78 is 10.7. The Kier molecular flexibility index (Phi) is 7.36. The van der Waals surface area contributed by atoms with Crippen LogP contribution in [0.5, 0.6) is 5.75 Å². The largest absolute Gasteiger partial charge is 0.489 e. The fourth-order valence-electron chi connectivity index (χ4n) is 2.09. The van der Waals surface area contributed by atoms with E-state index in [-0.39, 0.29) is 12.6 Å². The smallest absolute Gasteiger partial charge is 0.142 e. The van der Waals surface area contributed by atoms with Gasteiger partial charge in [0.1, 0.15) is 18.5 Å². The lowest BCUT2D eigenvalue weighted by Crippen LogP contribution is -2.42. The number of methoxy groups -OCH3 is 1. The maximum Gasteiger partial charge on any atom is 0.142 e. The molecule has 0 heterocycles. The van der Waals surface area contributed by atoms with Crippen LogP contribution in [0.15, 0.2) is 24.3 Å². The highest BCUT2D eigenvalue weighted by molar-refractivity contribution is 5.51. The van der Waals surface area contributed by atoms with Crippen molar-refractivity contribution in [1.29, 1.82) is 0 Å². The molecule has 5 nitrogen and oxygen atoms in total. The standard InChI is InChI=1S/C15H26N2O3/c1-4-17(12(2)10-19-3)9-13(18)11-20-15-8-6-5-7-14(15)16/h5-8,12-13,18H,4,9-11,16H2,1-3H3. The lowest BCUT2D eigenvalue weighted by molar-refractivity contribution is 0.0370. The summed E-state index contributed by atoms with van der Waals surface area (Å²) in [6.45, 7) is 6.42. The molecular formula is C15H26N2O3. The fraction of sp³-hybridized carbons (Fsp3) is 0.600. The number of hydrogen-bond acceptors (Lipinski definition) is 5. The lowest BCUT2D eigenvalue weighted by atomic mass is 10.2. The zero-order valence-corrected chi connectivity index (χ0v) is 12.6. The van der Waals surface area contributed by atoms with Gasteiger partial charge in [0, 0.05) is 19.7 Å². The first kappa shape index (κ1) is 16.8. The van der Waals surface area contributed by atoms with Crippen molar-refractivity contribution in [3.05, 3.63) is 24.3 Å². The van der Waals surface area contributed by atoms with Gasteiger partial charge in [0.2, 0.25) is 0 Å². The molecule has 2 unspecified atom stereocenters. The van der Waals surface area contributed by atoms with Gasteiger partial charge in [0.05, 0.1) is 12.3 Å². The molecule has 3 N–H and O–H groups in total. The van der Waals surface area contributed by atoms with Crippen molar-refractivity contribution < 1.29 is 14.6 Å². The number of nitrogens with two attached hydrogens (primary N) is 1. The second-order valence-corrected chi connectivity index (χ2v) is 4.89. The summed E-state index contributed by atoms with van der Waals surface area (Å²) in [5, 5.41) is 10.1. The van der Waals surface area contributed by atoms with Gasteiger partial charge in [0.15, 0.2) is 0 Å². The van der Waals surface area contributed by atoms with Crippen LogP contribution in [0.1, 0.15) is 13.8 Å². The molecule has 0 spiro atoms. The molecule has 1 aromatic carbocycles. The van der Waals surface area contributed by atoms with Crippen molar-refractivity contribution in [3.8, 4) is 5.75 Å². The van der Waals surface area contributed by atoms with Gasteiger partial charge in [0.25, 0.3) is 0 Å². The monoisotopic (exact) mass is 282 g/mol. The normalized spacial score (nSPS) is 14.2. The Hall–Kier alpha value is -1.30. The number of rotatable bonds is 9. The molecule has 20 heavy (non-hydrogen) atoms. The summed E-state index contributed by atoms with van der Waals surface area (Å²) in [6.07, 6.45) is -0.561. The molecule has 0 aliphatic rings. The highest BCUT2D eigenvalue weighted by Crippen LogP contribution is 2.19. The number of hydrogen-bond donors (Lipinski definition) is 2. The zero-order chi connectivity index (χ0) is 15.0. The third-order valence-electron chi connectivity index (χ3n) is 3.23. The van der Waals surface area contributed by atoms with Crippen molar-refractivity contribution in [2.45, 2.75) is 26.0 Å². The molecule has 5 heteroatoms. The number of para-hydroxylation sites is 2. The Balaban J connectivity index is 2.42. The zero-order valence-electron chi connectivity index (χ0n) is 12.6. The number of likely N-dealkylation sites (N-methyl/N-ethyl adjacent to an activating group) is 1. The van der Waals surface area contributed by atoms with Crippen LogP contribution in [-0.4, -0.2) is 55.6 Å². The highest BCUT2D eigenvalue weighted by Gasteiger charge is 2.16. The quantitative estimate of drug-likeness (QED) is 0.670. The van der Waals surface area contributed by atoms with E-state index in [1.54, 1.807) is 19.2 Å². The first-order valence-corrected chi connectivity index (χ1v) is 6.96. The molecular weight excluding hydrogens is 256 g/mol. The van der Waals surface area contributed by atoms with Gasteiger partial charge in [-0.25, -0.2) is 0 Å². The Morgan fingerprint density at radius 1 is 1.30 bits per heavy atom. The van der Waals surface area contributed by atoms with Crippen molar-refractivity contribution in [1.82, 2.24) is 4.90 Å². The van der Waals surface area contributed by atoms with E-state index in [9.17, 15) is 5.11 Å². The molecule has 1 aromatic rings. The number of nitrogens with zero attached hydrogens (tertiary/aromatic N) is 1. The molecule has 0 aliphatic carbocycles. The summed E-state index contributed by atoms with van der Waals surface area (Å²) in [6, 6.07) is 7.55. The highest BCUT2D eigenvalue weighted by atomic mass is 16.5. The number of aliphatic hydroxyl groups excluding tert-OH is 1. The first-order valence-electron chi connectivity index (χ1n) is 6.96. The van der Waals surface area contributed by atoms with E-state index in [1.165, 1.54) is 0 Å². The Morgan fingerprint density at radius 3 is 2.60 bits per heavy atom. The van der Waals surface area contributed by atoms with Crippen LogP contribution in [0.2, 0.25) is 0 Å². The third kappa shape index (κ3) is 5.36. The van der Waals surface area contributed by atoms with E-state index in [2.05, 4.69) is 18.7 Å². The van der Waals surface area contributed by atoms with Crippen molar-refractivity contribution in [2.24, 2.45) is 0 Å².